The van der Waals surface area contributed by atoms with Crippen LogP contribution >= 0.6 is 0 Å². The van der Waals surface area contributed by atoms with Gasteiger partial charge in [-0.05, 0) is 19.3 Å². The van der Waals surface area contributed by atoms with Gasteiger partial charge in [0, 0.05) is 0 Å². The Hall–Kier alpha value is -1.65. The van der Waals surface area contributed by atoms with E-state index in [1.54, 1.807) is 0 Å². The van der Waals surface area contributed by atoms with E-state index in [0.29, 0.717) is 5.88 Å². The molecule has 5 nitrogen and oxygen atoms in total. The second-order valence-electron chi connectivity index (χ2n) is 3.40. The van der Waals surface area contributed by atoms with Crippen LogP contribution in [0.4, 0.5) is 0 Å². The van der Waals surface area contributed by atoms with Crippen LogP contribution in [0.25, 0.3) is 0 Å². The molecule has 2 rings (SSSR count). The van der Waals surface area contributed by atoms with Crippen LogP contribution in [0.1, 0.15) is 29.8 Å². The zero-order valence-electron chi connectivity index (χ0n) is 8.47. The lowest BCUT2D eigenvalue weighted by atomic mass is 9.96. The van der Waals surface area contributed by atoms with Crippen molar-refractivity contribution in [3.05, 3.63) is 18.1 Å². The molecule has 5 heteroatoms. The molecular formula is C10H12N2O3. The normalized spacial score (nSPS) is 15.5. The van der Waals surface area contributed by atoms with Crippen LogP contribution in [-0.4, -0.2) is 29.2 Å². The van der Waals surface area contributed by atoms with Crippen molar-refractivity contribution in [2.45, 2.75) is 25.4 Å². The summed E-state index contributed by atoms with van der Waals surface area (Å²) in [5, 5.41) is 0. The molecular weight excluding hydrogens is 196 g/mol. The van der Waals surface area contributed by atoms with Gasteiger partial charge in [0.05, 0.1) is 19.5 Å². The molecule has 0 bridgehead atoms. The highest BCUT2D eigenvalue weighted by atomic mass is 16.5. The molecule has 1 heterocycles. The molecule has 0 aromatic carbocycles. The molecule has 15 heavy (non-hydrogen) atoms. The summed E-state index contributed by atoms with van der Waals surface area (Å²) in [7, 11) is 1.31. The topological polar surface area (TPSA) is 61.3 Å². The van der Waals surface area contributed by atoms with Crippen molar-refractivity contribution in [2.75, 3.05) is 7.11 Å². The van der Waals surface area contributed by atoms with Crippen molar-refractivity contribution in [1.29, 1.82) is 0 Å². The van der Waals surface area contributed by atoms with Crippen molar-refractivity contribution >= 4 is 5.97 Å². The fourth-order valence-electron chi connectivity index (χ4n) is 1.25. The van der Waals surface area contributed by atoms with Gasteiger partial charge < -0.3 is 9.47 Å². The molecule has 0 radical (unpaired) electrons. The van der Waals surface area contributed by atoms with Crippen molar-refractivity contribution in [3.63, 3.8) is 0 Å². The Morgan fingerprint density at radius 2 is 2.20 bits per heavy atom. The van der Waals surface area contributed by atoms with E-state index in [4.69, 9.17) is 4.74 Å². The smallest absolute Gasteiger partial charge is 0.358 e. The van der Waals surface area contributed by atoms with Crippen molar-refractivity contribution in [3.8, 4) is 5.88 Å². The Morgan fingerprint density at radius 3 is 2.67 bits per heavy atom. The number of ether oxygens (including phenoxy) is 2. The number of aromatic nitrogens is 2. The van der Waals surface area contributed by atoms with Crippen LogP contribution in [0.5, 0.6) is 5.88 Å². The summed E-state index contributed by atoms with van der Waals surface area (Å²) >= 11 is 0. The first-order valence-electron chi connectivity index (χ1n) is 4.86. The van der Waals surface area contributed by atoms with Crippen molar-refractivity contribution < 1.29 is 14.3 Å². The minimum Gasteiger partial charge on any atom is -0.473 e. The fourth-order valence-corrected chi connectivity index (χ4v) is 1.25. The highest BCUT2D eigenvalue weighted by Crippen LogP contribution is 2.23. The average molecular weight is 208 g/mol. The number of carbonyl (C=O) groups excluding carboxylic acids is 1. The molecule has 0 atom stereocenters. The predicted octanol–water partition coefficient (Wildman–Crippen LogP) is 1.19. The molecule has 1 fully saturated rings. The predicted molar refractivity (Wildman–Crippen MR) is 51.6 cm³/mol. The van der Waals surface area contributed by atoms with Crippen LogP contribution in [0.15, 0.2) is 12.4 Å². The zero-order valence-corrected chi connectivity index (χ0v) is 8.47. The van der Waals surface area contributed by atoms with Gasteiger partial charge in [-0.1, -0.05) is 0 Å². The molecule has 1 aliphatic rings. The molecule has 1 aromatic heterocycles. The van der Waals surface area contributed by atoms with Gasteiger partial charge in [-0.15, -0.1) is 0 Å². The van der Waals surface area contributed by atoms with E-state index in [1.165, 1.54) is 25.9 Å². The van der Waals surface area contributed by atoms with Gasteiger partial charge in [0.2, 0.25) is 5.88 Å². The number of nitrogens with zero attached hydrogens (tertiary/aromatic N) is 2. The third-order valence-corrected chi connectivity index (χ3v) is 2.36. The largest absolute Gasteiger partial charge is 0.473 e. The molecule has 1 aliphatic carbocycles. The monoisotopic (exact) mass is 208 g/mol. The highest BCUT2D eigenvalue weighted by Gasteiger charge is 2.19. The number of hydrogen-bond donors (Lipinski definition) is 0. The first kappa shape index (κ1) is 9.89. The summed E-state index contributed by atoms with van der Waals surface area (Å²) in [6.07, 6.45) is 6.42. The molecule has 80 valence electrons. The molecule has 1 saturated carbocycles. The van der Waals surface area contributed by atoms with Crippen LogP contribution in [0.3, 0.4) is 0 Å². The van der Waals surface area contributed by atoms with E-state index < -0.39 is 5.97 Å². The third kappa shape index (κ3) is 2.23. The number of rotatable bonds is 3. The van der Waals surface area contributed by atoms with Crippen LogP contribution in [0.2, 0.25) is 0 Å². The Labute approximate surface area is 87.4 Å². The van der Waals surface area contributed by atoms with Gasteiger partial charge in [-0.2, -0.15) is 0 Å². The quantitative estimate of drug-likeness (QED) is 0.698. The number of methoxy groups -OCH3 is 1. The van der Waals surface area contributed by atoms with E-state index in [9.17, 15) is 4.79 Å². The van der Waals surface area contributed by atoms with E-state index >= 15 is 0 Å². The molecule has 0 amide bonds. The lowest BCUT2D eigenvalue weighted by Crippen LogP contribution is -2.25. The maximum absolute atomic E-state index is 11.0. The summed E-state index contributed by atoms with van der Waals surface area (Å²) in [5.41, 5.74) is 0.193. The Balaban J connectivity index is 1.99. The van der Waals surface area contributed by atoms with Crippen LogP contribution in [0, 0.1) is 0 Å². The third-order valence-electron chi connectivity index (χ3n) is 2.36. The van der Waals surface area contributed by atoms with Gasteiger partial charge >= 0.3 is 5.97 Å². The minimum absolute atomic E-state index is 0.193. The number of esters is 1. The summed E-state index contributed by atoms with van der Waals surface area (Å²) in [4.78, 5) is 18.9. The Kier molecular flexibility index (Phi) is 2.80. The molecule has 0 spiro atoms. The first-order chi connectivity index (χ1) is 7.29. The molecule has 0 N–H and O–H groups in total. The fraction of sp³-hybridized carbons (Fsp3) is 0.500. The van der Waals surface area contributed by atoms with Gasteiger partial charge in [0.15, 0.2) is 5.69 Å². The van der Waals surface area contributed by atoms with Crippen molar-refractivity contribution in [1.82, 2.24) is 9.97 Å². The second-order valence-corrected chi connectivity index (χ2v) is 3.40. The molecule has 1 aromatic rings. The lowest BCUT2D eigenvalue weighted by Gasteiger charge is -2.25. The van der Waals surface area contributed by atoms with E-state index in [2.05, 4.69) is 14.7 Å². The maximum Gasteiger partial charge on any atom is 0.358 e. The van der Waals surface area contributed by atoms with Crippen LogP contribution < -0.4 is 4.74 Å². The summed E-state index contributed by atoms with van der Waals surface area (Å²) in [6, 6.07) is 0. The van der Waals surface area contributed by atoms with E-state index in [0.717, 1.165) is 12.8 Å². The standard InChI is InChI=1S/C10H12N2O3/c1-14-10(13)8-5-12-9(6-11-8)15-7-3-2-4-7/h5-7H,2-4H2,1H3. The van der Waals surface area contributed by atoms with Crippen molar-refractivity contribution in [2.24, 2.45) is 0 Å². The van der Waals surface area contributed by atoms with Gasteiger partial charge in [0.25, 0.3) is 0 Å². The van der Waals surface area contributed by atoms with Gasteiger partial charge in [-0.25, -0.2) is 14.8 Å². The number of hydrogen-bond acceptors (Lipinski definition) is 5. The van der Waals surface area contributed by atoms with Crippen LogP contribution in [-0.2, 0) is 4.74 Å². The SMILES string of the molecule is COC(=O)c1cnc(OC2CCC2)cn1. The summed E-state index contributed by atoms with van der Waals surface area (Å²) < 4.78 is 10.0. The Morgan fingerprint density at radius 1 is 1.40 bits per heavy atom. The van der Waals surface area contributed by atoms with Gasteiger partial charge in [-0.3, -0.25) is 0 Å². The number of carbonyl (C=O) groups is 1. The highest BCUT2D eigenvalue weighted by molar-refractivity contribution is 5.86. The molecule has 0 saturated heterocycles. The summed E-state index contributed by atoms with van der Waals surface area (Å²) in [5.74, 6) is -0.0231. The van der Waals surface area contributed by atoms with Gasteiger partial charge in [0.1, 0.15) is 6.10 Å². The zero-order chi connectivity index (χ0) is 10.7. The lowest BCUT2D eigenvalue weighted by molar-refractivity contribution is 0.0592. The molecule has 0 aliphatic heterocycles. The molecule has 0 unspecified atom stereocenters. The second kappa shape index (κ2) is 4.25. The van der Waals surface area contributed by atoms with E-state index in [-0.39, 0.29) is 11.8 Å². The average Bonchev–Trinajstić information content (AvgIpc) is 2.23. The van der Waals surface area contributed by atoms with E-state index in [1.807, 2.05) is 0 Å². The maximum atomic E-state index is 11.0. The first-order valence-corrected chi connectivity index (χ1v) is 4.86. The Bertz CT molecular complexity index is 346. The minimum atomic E-state index is -0.488. The summed E-state index contributed by atoms with van der Waals surface area (Å²) in [6.45, 7) is 0.